The van der Waals surface area contributed by atoms with Gasteiger partial charge in [-0.1, -0.05) is 13.8 Å². The molecule has 1 aliphatic carbocycles. The molecule has 1 saturated carbocycles. The Morgan fingerprint density at radius 2 is 2.29 bits per heavy atom. The third kappa shape index (κ3) is 2.11. The van der Waals surface area contributed by atoms with E-state index in [4.69, 9.17) is 11.6 Å². The second kappa shape index (κ2) is 4.10. The zero-order valence-corrected chi connectivity index (χ0v) is 11.4. The molecule has 17 heavy (non-hydrogen) atoms. The number of nitrogens with one attached hydrogen (secondary N) is 1. The summed E-state index contributed by atoms with van der Waals surface area (Å²) in [5.41, 5.74) is 0. The fraction of sp³-hybridized carbons (Fsp3) is 0.500. The van der Waals surface area contributed by atoms with E-state index in [0.717, 1.165) is 28.4 Å². The molecule has 5 heteroatoms. The van der Waals surface area contributed by atoms with Gasteiger partial charge < -0.3 is 5.32 Å². The number of fused-ring (bicyclic) bond motifs is 1. The quantitative estimate of drug-likeness (QED) is 0.861. The van der Waals surface area contributed by atoms with E-state index in [0.29, 0.717) is 11.3 Å². The van der Waals surface area contributed by atoms with Crippen molar-refractivity contribution in [2.24, 2.45) is 5.92 Å². The van der Waals surface area contributed by atoms with Gasteiger partial charge in [-0.15, -0.1) is 11.3 Å². The summed E-state index contributed by atoms with van der Waals surface area (Å²) in [5, 5.41) is 4.90. The number of hydrogen-bond acceptors (Lipinski definition) is 4. The first kappa shape index (κ1) is 11.2. The lowest BCUT2D eigenvalue weighted by atomic mass is 10.3. The normalized spacial score (nSPS) is 23.0. The molecule has 2 aromatic heterocycles. The summed E-state index contributed by atoms with van der Waals surface area (Å²) in [6, 6.07) is 2.72. The Kier molecular flexibility index (Phi) is 2.71. The molecule has 1 fully saturated rings. The van der Waals surface area contributed by atoms with E-state index < -0.39 is 0 Å². The van der Waals surface area contributed by atoms with Gasteiger partial charge in [-0.2, -0.15) is 0 Å². The Balaban J connectivity index is 2.04. The number of hydrogen-bond donors (Lipinski definition) is 1. The van der Waals surface area contributed by atoms with Crippen LogP contribution in [0.2, 0.25) is 5.28 Å². The maximum Gasteiger partial charge on any atom is 0.225 e. The highest BCUT2D eigenvalue weighted by Gasteiger charge is 2.33. The summed E-state index contributed by atoms with van der Waals surface area (Å²) >= 11 is 7.66. The lowest BCUT2D eigenvalue weighted by Gasteiger charge is -2.05. The van der Waals surface area contributed by atoms with Gasteiger partial charge in [0.15, 0.2) is 0 Å². The van der Waals surface area contributed by atoms with Gasteiger partial charge in [0.2, 0.25) is 5.28 Å². The van der Waals surface area contributed by atoms with Crippen molar-refractivity contribution in [3.05, 3.63) is 16.2 Å². The Bertz CT molecular complexity index is 566. The average Bonchev–Trinajstić information content (AvgIpc) is 2.82. The first-order valence-corrected chi connectivity index (χ1v) is 7.09. The summed E-state index contributed by atoms with van der Waals surface area (Å²) in [5.74, 6) is 1.63. The molecule has 0 saturated heterocycles. The molecule has 0 bridgehead atoms. The van der Waals surface area contributed by atoms with Crippen LogP contribution in [-0.2, 0) is 6.42 Å². The molecule has 0 aromatic carbocycles. The van der Waals surface area contributed by atoms with Crippen molar-refractivity contribution in [1.29, 1.82) is 0 Å². The van der Waals surface area contributed by atoms with E-state index in [1.807, 2.05) is 0 Å². The van der Waals surface area contributed by atoms with Crippen LogP contribution in [0.5, 0.6) is 0 Å². The molecule has 0 spiro atoms. The molecule has 3 rings (SSSR count). The van der Waals surface area contributed by atoms with Gasteiger partial charge in [0, 0.05) is 10.9 Å². The highest BCUT2D eigenvalue weighted by atomic mass is 35.5. The summed E-state index contributed by atoms with van der Waals surface area (Å²) in [4.78, 5) is 10.9. The minimum absolute atomic E-state index is 0.331. The number of halogens is 1. The van der Waals surface area contributed by atoms with Crippen molar-refractivity contribution in [3.8, 4) is 0 Å². The standard InChI is InChI=1S/C12H14ClN3S/c1-3-7-5-8-10(14-9-4-6(9)2)15-12(13)16-11(8)17-7/h5-6,9H,3-4H2,1-2H3,(H,14,15,16). The second-order valence-corrected chi connectivity index (χ2v) is 6.04. The maximum atomic E-state index is 5.96. The van der Waals surface area contributed by atoms with Crippen molar-refractivity contribution in [1.82, 2.24) is 9.97 Å². The summed E-state index contributed by atoms with van der Waals surface area (Å²) in [7, 11) is 0. The summed E-state index contributed by atoms with van der Waals surface area (Å²) in [6.45, 7) is 4.39. The summed E-state index contributed by atoms with van der Waals surface area (Å²) < 4.78 is 0. The predicted octanol–water partition coefficient (Wildman–Crippen LogP) is 3.73. The smallest absolute Gasteiger partial charge is 0.225 e. The van der Waals surface area contributed by atoms with Crippen LogP contribution in [-0.4, -0.2) is 16.0 Å². The Morgan fingerprint density at radius 3 is 2.94 bits per heavy atom. The minimum Gasteiger partial charge on any atom is -0.366 e. The first-order valence-electron chi connectivity index (χ1n) is 5.90. The van der Waals surface area contributed by atoms with Crippen LogP contribution in [0.1, 0.15) is 25.1 Å². The molecule has 90 valence electrons. The van der Waals surface area contributed by atoms with Crippen LogP contribution >= 0.6 is 22.9 Å². The fourth-order valence-electron chi connectivity index (χ4n) is 1.93. The van der Waals surface area contributed by atoms with Gasteiger partial charge in [0.25, 0.3) is 0 Å². The van der Waals surface area contributed by atoms with E-state index in [-0.39, 0.29) is 0 Å². The lowest BCUT2D eigenvalue weighted by Crippen LogP contribution is -2.06. The van der Waals surface area contributed by atoms with Crippen LogP contribution in [0.15, 0.2) is 6.07 Å². The first-order chi connectivity index (χ1) is 8.17. The minimum atomic E-state index is 0.331. The van der Waals surface area contributed by atoms with Gasteiger partial charge in [-0.25, -0.2) is 9.97 Å². The van der Waals surface area contributed by atoms with E-state index in [9.17, 15) is 0 Å². The molecular weight excluding hydrogens is 254 g/mol. The SMILES string of the molecule is CCc1cc2c(NC3CC3C)nc(Cl)nc2s1. The summed E-state index contributed by atoms with van der Waals surface area (Å²) in [6.07, 6.45) is 2.24. The Morgan fingerprint density at radius 1 is 1.53 bits per heavy atom. The molecule has 2 atom stereocenters. The van der Waals surface area contributed by atoms with Crippen molar-refractivity contribution < 1.29 is 0 Å². The van der Waals surface area contributed by atoms with Crippen LogP contribution in [0.3, 0.4) is 0 Å². The van der Waals surface area contributed by atoms with Gasteiger partial charge in [-0.3, -0.25) is 0 Å². The largest absolute Gasteiger partial charge is 0.366 e. The maximum absolute atomic E-state index is 5.96. The molecule has 1 N–H and O–H groups in total. The lowest BCUT2D eigenvalue weighted by molar-refractivity contribution is 0.924. The molecule has 0 radical (unpaired) electrons. The van der Waals surface area contributed by atoms with Crippen molar-refractivity contribution in [2.45, 2.75) is 32.7 Å². The number of nitrogens with zero attached hydrogens (tertiary/aromatic N) is 2. The second-order valence-electron chi connectivity index (χ2n) is 4.59. The highest BCUT2D eigenvalue weighted by molar-refractivity contribution is 7.18. The highest BCUT2D eigenvalue weighted by Crippen LogP contribution is 2.36. The number of aryl methyl sites for hydroxylation is 1. The van der Waals surface area contributed by atoms with Gasteiger partial charge >= 0.3 is 0 Å². The topological polar surface area (TPSA) is 37.8 Å². The molecule has 1 aliphatic rings. The zero-order valence-electron chi connectivity index (χ0n) is 9.83. The molecule has 2 aromatic rings. The average molecular weight is 268 g/mol. The monoisotopic (exact) mass is 267 g/mol. The van der Waals surface area contributed by atoms with Crippen LogP contribution < -0.4 is 5.32 Å². The van der Waals surface area contributed by atoms with Crippen LogP contribution in [0.25, 0.3) is 10.2 Å². The van der Waals surface area contributed by atoms with Crippen LogP contribution in [0, 0.1) is 5.92 Å². The Hall–Kier alpha value is -0.870. The predicted molar refractivity (Wildman–Crippen MR) is 73.0 cm³/mol. The third-order valence-corrected chi connectivity index (χ3v) is 4.54. The molecule has 2 heterocycles. The van der Waals surface area contributed by atoms with Crippen molar-refractivity contribution in [3.63, 3.8) is 0 Å². The molecule has 2 unspecified atom stereocenters. The molecule has 0 amide bonds. The molecule has 0 aliphatic heterocycles. The number of aromatic nitrogens is 2. The van der Waals surface area contributed by atoms with Gasteiger partial charge in [-0.05, 0) is 36.4 Å². The van der Waals surface area contributed by atoms with Gasteiger partial charge in [0.05, 0.1) is 5.39 Å². The Labute approximate surface area is 109 Å². The van der Waals surface area contributed by atoms with Crippen molar-refractivity contribution >= 4 is 39.0 Å². The number of anilines is 1. The van der Waals surface area contributed by atoms with E-state index in [2.05, 4.69) is 35.2 Å². The fourth-order valence-corrected chi connectivity index (χ4v) is 3.11. The van der Waals surface area contributed by atoms with Crippen LogP contribution in [0.4, 0.5) is 5.82 Å². The zero-order chi connectivity index (χ0) is 12.0. The van der Waals surface area contributed by atoms with E-state index in [1.54, 1.807) is 11.3 Å². The number of rotatable bonds is 3. The third-order valence-electron chi connectivity index (χ3n) is 3.20. The van der Waals surface area contributed by atoms with Crippen molar-refractivity contribution in [2.75, 3.05) is 5.32 Å². The van der Waals surface area contributed by atoms with Gasteiger partial charge in [0.1, 0.15) is 10.6 Å². The van der Waals surface area contributed by atoms with E-state index >= 15 is 0 Å². The number of thiophene rings is 1. The molecule has 3 nitrogen and oxygen atoms in total. The van der Waals surface area contributed by atoms with E-state index in [1.165, 1.54) is 11.3 Å². The molecular formula is C12H14ClN3S.